The van der Waals surface area contributed by atoms with E-state index < -0.39 is 5.41 Å². The summed E-state index contributed by atoms with van der Waals surface area (Å²) in [7, 11) is 0. The van der Waals surface area contributed by atoms with Crippen LogP contribution >= 0.6 is 11.3 Å². The second-order valence-electron chi connectivity index (χ2n) is 4.47. The number of rotatable bonds is 4. The average Bonchev–Trinajstić information content (AvgIpc) is 2.82. The van der Waals surface area contributed by atoms with Crippen molar-refractivity contribution in [3.8, 4) is 6.07 Å². The van der Waals surface area contributed by atoms with Crippen LogP contribution < -0.4 is 0 Å². The fraction of sp³-hybridized carbons (Fsp3) is 0.267. The number of carbonyl (C=O) groups is 1. The van der Waals surface area contributed by atoms with Gasteiger partial charge in [-0.15, -0.1) is 11.3 Å². The summed E-state index contributed by atoms with van der Waals surface area (Å²) in [6.07, 6.45) is 0.327. The summed E-state index contributed by atoms with van der Waals surface area (Å²) < 4.78 is 0. The van der Waals surface area contributed by atoms with Gasteiger partial charge in [0, 0.05) is 11.8 Å². The van der Waals surface area contributed by atoms with E-state index in [4.69, 9.17) is 0 Å². The van der Waals surface area contributed by atoms with E-state index in [1.165, 1.54) is 18.3 Å². The molecule has 0 aliphatic heterocycles. The van der Waals surface area contributed by atoms with Crippen LogP contribution in [0, 0.1) is 18.3 Å². The molecule has 0 fully saturated rings. The van der Waals surface area contributed by atoms with Gasteiger partial charge in [-0.3, -0.25) is 4.79 Å². The molecule has 0 bridgehead atoms. The number of ketones is 1. The molecule has 0 N–H and O–H groups in total. The molecule has 0 radical (unpaired) electrons. The highest BCUT2D eigenvalue weighted by molar-refractivity contribution is 7.09. The summed E-state index contributed by atoms with van der Waals surface area (Å²) in [5.41, 5.74) is 0.389. The lowest BCUT2D eigenvalue weighted by molar-refractivity contribution is -0.120. The number of hydrogen-bond acceptors (Lipinski definition) is 4. The Labute approximate surface area is 116 Å². The number of hydrogen-bond donors (Lipinski definition) is 0. The van der Waals surface area contributed by atoms with Crippen LogP contribution in [-0.4, -0.2) is 10.8 Å². The lowest BCUT2D eigenvalue weighted by atomic mass is 9.75. The monoisotopic (exact) mass is 270 g/mol. The molecule has 0 spiro atoms. The minimum absolute atomic E-state index is 0.146. The van der Waals surface area contributed by atoms with Crippen LogP contribution in [0.15, 0.2) is 35.7 Å². The molecule has 19 heavy (non-hydrogen) atoms. The Hall–Kier alpha value is -1.99. The minimum atomic E-state index is -1.14. The van der Waals surface area contributed by atoms with E-state index in [9.17, 15) is 10.1 Å². The van der Waals surface area contributed by atoms with Gasteiger partial charge in [0.2, 0.25) is 0 Å². The third-order valence-electron chi connectivity index (χ3n) is 3.17. The Bertz CT molecular complexity index is 627. The Morgan fingerprint density at radius 2 is 2.11 bits per heavy atom. The second-order valence-corrected chi connectivity index (χ2v) is 5.54. The van der Waals surface area contributed by atoms with Crippen molar-refractivity contribution in [1.82, 2.24) is 4.98 Å². The molecule has 1 aromatic carbocycles. The fourth-order valence-corrected chi connectivity index (χ4v) is 2.71. The quantitative estimate of drug-likeness (QED) is 0.858. The smallest absolute Gasteiger partial charge is 0.154 e. The first-order valence-electron chi connectivity index (χ1n) is 5.97. The van der Waals surface area contributed by atoms with E-state index in [0.29, 0.717) is 6.42 Å². The maximum atomic E-state index is 12.1. The van der Waals surface area contributed by atoms with Gasteiger partial charge >= 0.3 is 0 Å². The van der Waals surface area contributed by atoms with Gasteiger partial charge in [-0.05, 0) is 19.4 Å². The number of Topliss-reactive ketones (excluding diaryl/α,β-unsaturated/α-hetero) is 1. The number of carbonyl (C=O) groups excluding carboxylic acids is 1. The first-order valence-corrected chi connectivity index (χ1v) is 6.85. The van der Waals surface area contributed by atoms with E-state index >= 15 is 0 Å². The molecule has 1 atom stereocenters. The SMILES string of the molecule is CC(=O)C(C#N)(Cc1csc(C)n1)c1ccccc1. The summed E-state index contributed by atoms with van der Waals surface area (Å²) in [5.74, 6) is -0.146. The highest BCUT2D eigenvalue weighted by Crippen LogP contribution is 2.29. The highest BCUT2D eigenvalue weighted by Gasteiger charge is 2.38. The molecular weight excluding hydrogens is 256 g/mol. The lowest BCUT2D eigenvalue weighted by Crippen LogP contribution is -2.35. The van der Waals surface area contributed by atoms with E-state index in [1.807, 2.05) is 42.6 Å². The van der Waals surface area contributed by atoms with Crippen molar-refractivity contribution in [3.63, 3.8) is 0 Å². The third-order valence-corrected chi connectivity index (χ3v) is 3.99. The van der Waals surface area contributed by atoms with Crippen LogP contribution in [0.3, 0.4) is 0 Å². The van der Waals surface area contributed by atoms with E-state index in [1.54, 1.807) is 0 Å². The molecule has 3 nitrogen and oxygen atoms in total. The average molecular weight is 270 g/mol. The number of aryl methyl sites for hydroxylation is 1. The van der Waals surface area contributed by atoms with Crippen molar-refractivity contribution in [2.75, 3.05) is 0 Å². The van der Waals surface area contributed by atoms with Gasteiger partial charge in [0.05, 0.1) is 16.8 Å². The third kappa shape index (κ3) is 2.56. The van der Waals surface area contributed by atoms with E-state index in [0.717, 1.165) is 16.3 Å². The molecule has 1 heterocycles. The number of aromatic nitrogens is 1. The Morgan fingerprint density at radius 1 is 1.42 bits per heavy atom. The number of benzene rings is 1. The molecule has 0 aliphatic carbocycles. The number of nitriles is 1. The van der Waals surface area contributed by atoms with E-state index in [2.05, 4.69) is 11.1 Å². The Balaban J connectivity index is 2.47. The molecule has 0 amide bonds. The topological polar surface area (TPSA) is 53.8 Å². The first-order chi connectivity index (χ1) is 9.08. The van der Waals surface area contributed by atoms with Gasteiger partial charge in [0.1, 0.15) is 5.41 Å². The fourth-order valence-electron chi connectivity index (χ4n) is 2.10. The van der Waals surface area contributed by atoms with Crippen LogP contribution in [0.2, 0.25) is 0 Å². The minimum Gasteiger partial charge on any atom is -0.298 e. The number of thiazole rings is 1. The molecular formula is C15H14N2OS. The molecule has 2 rings (SSSR count). The van der Waals surface area contributed by atoms with Crippen LogP contribution in [-0.2, 0) is 16.6 Å². The van der Waals surface area contributed by atoms with Gasteiger partial charge < -0.3 is 0 Å². The first kappa shape index (κ1) is 13.4. The summed E-state index contributed by atoms with van der Waals surface area (Å²) in [5, 5.41) is 12.4. The van der Waals surface area contributed by atoms with Crippen LogP contribution in [0.4, 0.5) is 0 Å². The van der Waals surface area contributed by atoms with Gasteiger partial charge in [-0.25, -0.2) is 4.98 Å². The maximum Gasteiger partial charge on any atom is 0.154 e. The van der Waals surface area contributed by atoms with Gasteiger partial charge in [0.25, 0.3) is 0 Å². The van der Waals surface area contributed by atoms with Crippen molar-refractivity contribution in [3.05, 3.63) is 52.0 Å². The zero-order chi connectivity index (χ0) is 13.9. The standard InChI is InChI=1S/C15H14N2OS/c1-11(18)15(10-16,13-6-4-3-5-7-13)8-14-9-19-12(2)17-14/h3-7,9H,8H2,1-2H3. The van der Waals surface area contributed by atoms with Crippen molar-refractivity contribution < 1.29 is 4.79 Å². The molecule has 0 aliphatic rings. The Morgan fingerprint density at radius 3 is 2.58 bits per heavy atom. The number of nitrogens with zero attached hydrogens (tertiary/aromatic N) is 2. The molecule has 1 unspecified atom stereocenters. The summed E-state index contributed by atoms with van der Waals surface area (Å²) >= 11 is 1.53. The Kier molecular flexibility index (Phi) is 3.77. The summed E-state index contributed by atoms with van der Waals surface area (Å²) in [6.45, 7) is 3.38. The van der Waals surface area contributed by atoms with Gasteiger partial charge in [-0.1, -0.05) is 30.3 Å². The van der Waals surface area contributed by atoms with Gasteiger partial charge in [0.15, 0.2) is 5.78 Å². The summed E-state index contributed by atoms with van der Waals surface area (Å²) in [6, 6.07) is 11.4. The zero-order valence-electron chi connectivity index (χ0n) is 10.9. The normalized spacial score (nSPS) is 13.5. The molecule has 0 saturated carbocycles. The van der Waals surface area contributed by atoms with Crippen molar-refractivity contribution in [2.45, 2.75) is 25.7 Å². The van der Waals surface area contributed by atoms with E-state index in [-0.39, 0.29) is 5.78 Å². The maximum absolute atomic E-state index is 12.1. The molecule has 0 saturated heterocycles. The van der Waals surface area contributed by atoms with Crippen molar-refractivity contribution >= 4 is 17.1 Å². The summed E-state index contributed by atoms with van der Waals surface area (Å²) in [4.78, 5) is 16.4. The van der Waals surface area contributed by atoms with Crippen molar-refractivity contribution in [1.29, 1.82) is 5.26 Å². The molecule has 2 aromatic rings. The predicted molar refractivity (Wildman–Crippen MR) is 75.0 cm³/mol. The van der Waals surface area contributed by atoms with Gasteiger partial charge in [-0.2, -0.15) is 5.26 Å². The lowest BCUT2D eigenvalue weighted by Gasteiger charge is -2.23. The largest absolute Gasteiger partial charge is 0.298 e. The second kappa shape index (κ2) is 5.33. The van der Waals surface area contributed by atoms with Crippen LogP contribution in [0.5, 0.6) is 0 Å². The van der Waals surface area contributed by atoms with Crippen LogP contribution in [0.25, 0.3) is 0 Å². The highest BCUT2D eigenvalue weighted by atomic mass is 32.1. The molecule has 4 heteroatoms. The molecule has 1 aromatic heterocycles. The molecule has 96 valence electrons. The van der Waals surface area contributed by atoms with Crippen LogP contribution in [0.1, 0.15) is 23.2 Å². The predicted octanol–water partition coefficient (Wildman–Crippen LogP) is 3.04. The zero-order valence-corrected chi connectivity index (χ0v) is 11.7. The van der Waals surface area contributed by atoms with Crippen molar-refractivity contribution in [2.24, 2.45) is 0 Å².